The summed E-state index contributed by atoms with van der Waals surface area (Å²) in [4.78, 5) is 16.0. The fourth-order valence-corrected chi connectivity index (χ4v) is 2.84. The summed E-state index contributed by atoms with van der Waals surface area (Å²) in [5.74, 6) is 0.911. The summed E-state index contributed by atoms with van der Waals surface area (Å²) in [6.07, 6.45) is 4.17. The van der Waals surface area contributed by atoms with Crippen LogP contribution < -0.4 is 16.0 Å². The highest BCUT2D eigenvalue weighted by atomic mass is 16.5. The maximum absolute atomic E-state index is 11.5. The van der Waals surface area contributed by atoms with Crippen LogP contribution in [0.5, 0.6) is 0 Å². The van der Waals surface area contributed by atoms with Crippen LogP contribution in [0.2, 0.25) is 0 Å². The minimum atomic E-state index is 0.0199. The molecule has 0 aliphatic carbocycles. The monoisotopic (exact) mass is 296 g/mol. The third kappa shape index (κ3) is 4.59. The van der Waals surface area contributed by atoms with E-state index in [9.17, 15) is 4.79 Å². The Labute approximate surface area is 127 Å². The van der Waals surface area contributed by atoms with Crippen molar-refractivity contribution in [2.45, 2.75) is 58.3 Å². The average Bonchev–Trinajstić information content (AvgIpc) is 3.05. The topological polar surface area (TPSA) is 74.8 Å². The van der Waals surface area contributed by atoms with Crippen LogP contribution in [0, 0.1) is 5.92 Å². The van der Waals surface area contributed by atoms with Crippen molar-refractivity contribution in [3.05, 3.63) is 0 Å². The van der Waals surface area contributed by atoms with E-state index in [2.05, 4.69) is 27.9 Å². The van der Waals surface area contributed by atoms with E-state index in [4.69, 9.17) is 4.74 Å². The van der Waals surface area contributed by atoms with Gasteiger partial charge in [-0.3, -0.25) is 9.79 Å². The Morgan fingerprint density at radius 2 is 2.14 bits per heavy atom. The van der Waals surface area contributed by atoms with Gasteiger partial charge in [-0.15, -0.1) is 0 Å². The first-order valence-corrected chi connectivity index (χ1v) is 8.08. The van der Waals surface area contributed by atoms with Crippen molar-refractivity contribution in [3.8, 4) is 0 Å². The van der Waals surface area contributed by atoms with E-state index in [0.29, 0.717) is 31.3 Å². The second-order valence-corrected chi connectivity index (χ2v) is 6.07. The Kier molecular flexibility index (Phi) is 5.85. The Morgan fingerprint density at radius 1 is 1.33 bits per heavy atom. The van der Waals surface area contributed by atoms with Gasteiger partial charge >= 0.3 is 0 Å². The molecule has 0 aromatic carbocycles. The normalized spacial score (nSPS) is 28.0. The van der Waals surface area contributed by atoms with Gasteiger partial charge in [0.2, 0.25) is 5.91 Å². The molecule has 6 nitrogen and oxygen atoms in total. The summed E-state index contributed by atoms with van der Waals surface area (Å²) >= 11 is 0. The molecule has 2 aliphatic heterocycles. The molecule has 2 heterocycles. The van der Waals surface area contributed by atoms with Crippen molar-refractivity contribution in [2.24, 2.45) is 10.9 Å². The number of nitrogens with zero attached hydrogens (tertiary/aromatic N) is 1. The number of carbonyl (C=O) groups is 1. The average molecular weight is 296 g/mol. The fourth-order valence-electron chi connectivity index (χ4n) is 2.84. The van der Waals surface area contributed by atoms with Gasteiger partial charge in [-0.05, 0) is 26.2 Å². The van der Waals surface area contributed by atoms with Crippen LogP contribution in [-0.4, -0.2) is 49.8 Å². The van der Waals surface area contributed by atoms with E-state index in [0.717, 1.165) is 25.3 Å². The van der Waals surface area contributed by atoms with Crippen LogP contribution in [0.1, 0.15) is 40.0 Å². The third-order valence-electron chi connectivity index (χ3n) is 3.98. The van der Waals surface area contributed by atoms with Crippen molar-refractivity contribution >= 4 is 11.9 Å². The van der Waals surface area contributed by atoms with Crippen LogP contribution >= 0.6 is 0 Å². The number of carbonyl (C=O) groups excluding carboxylic acids is 1. The molecule has 1 amide bonds. The van der Waals surface area contributed by atoms with Crippen LogP contribution in [0.25, 0.3) is 0 Å². The summed E-state index contributed by atoms with van der Waals surface area (Å²) in [6.45, 7) is 7.80. The van der Waals surface area contributed by atoms with Gasteiger partial charge < -0.3 is 20.7 Å². The first kappa shape index (κ1) is 16.1. The SMILES string of the molecule is CCNC(=NCCNC(=O)C(C)C)NC1CC2CCC1O2. The second kappa shape index (κ2) is 7.64. The van der Waals surface area contributed by atoms with Crippen LogP contribution in [0.15, 0.2) is 4.99 Å². The molecule has 2 rings (SSSR count). The molecule has 3 atom stereocenters. The van der Waals surface area contributed by atoms with Gasteiger partial charge in [-0.25, -0.2) is 0 Å². The fraction of sp³-hybridized carbons (Fsp3) is 0.867. The molecule has 2 aliphatic rings. The minimum absolute atomic E-state index is 0.0199. The highest BCUT2D eigenvalue weighted by Gasteiger charge is 2.41. The Balaban J connectivity index is 1.75. The van der Waals surface area contributed by atoms with E-state index >= 15 is 0 Å². The number of guanidine groups is 1. The Hall–Kier alpha value is -1.30. The van der Waals surface area contributed by atoms with Crippen LogP contribution in [0.3, 0.4) is 0 Å². The third-order valence-corrected chi connectivity index (χ3v) is 3.98. The van der Waals surface area contributed by atoms with Gasteiger partial charge in [0.15, 0.2) is 5.96 Å². The van der Waals surface area contributed by atoms with Gasteiger partial charge in [0.25, 0.3) is 0 Å². The summed E-state index contributed by atoms with van der Waals surface area (Å²) in [5.41, 5.74) is 0. The Morgan fingerprint density at radius 3 is 2.71 bits per heavy atom. The molecular weight excluding hydrogens is 268 g/mol. The second-order valence-electron chi connectivity index (χ2n) is 6.07. The quantitative estimate of drug-likeness (QED) is 0.382. The lowest BCUT2D eigenvalue weighted by molar-refractivity contribution is -0.123. The van der Waals surface area contributed by atoms with E-state index in [1.807, 2.05) is 13.8 Å². The lowest BCUT2D eigenvalue weighted by Gasteiger charge is -2.22. The van der Waals surface area contributed by atoms with Gasteiger partial charge in [0.1, 0.15) is 0 Å². The zero-order chi connectivity index (χ0) is 15.2. The maximum Gasteiger partial charge on any atom is 0.222 e. The molecular formula is C15H28N4O2. The molecule has 2 bridgehead atoms. The standard InChI is InChI=1S/C15H28N4O2/c1-4-16-15(18-8-7-17-14(20)10(2)3)19-12-9-11-5-6-13(12)21-11/h10-13H,4-9H2,1-3H3,(H,17,20)(H2,16,18,19). The molecule has 0 spiro atoms. The smallest absolute Gasteiger partial charge is 0.222 e. The molecule has 0 aromatic heterocycles. The lowest BCUT2D eigenvalue weighted by Crippen LogP contribution is -2.47. The molecule has 21 heavy (non-hydrogen) atoms. The number of fused-ring (bicyclic) bond motifs is 2. The first-order valence-electron chi connectivity index (χ1n) is 8.08. The molecule has 0 radical (unpaired) electrons. The van der Waals surface area contributed by atoms with Gasteiger partial charge in [0, 0.05) is 19.0 Å². The molecule has 120 valence electrons. The number of ether oxygens (including phenoxy) is 1. The van der Waals surface area contributed by atoms with Crippen molar-refractivity contribution < 1.29 is 9.53 Å². The van der Waals surface area contributed by atoms with Crippen molar-refractivity contribution in [1.82, 2.24) is 16.0 Å². The lowest BCUT2D eigenvalue weighted by atomic mass is 9.96. The number of hydrogen-bond acceptors (Lipinski definition) is 3. The largest absolute Gasteiger partial charge is 0.373 e. The molecule has 0 saturated carbocycles. The summed E-state index contributed by atoms with van der Waals surface area (Å²) < 4.78 is 5.85. The van der Waals surface area contributed by atoms with Gasteiger partial charge in [-0.1, -0.05) is 13.8 Å². The molecule has 6 heteroatoms. The minimum Gasteiger partial charge on any atom is -0.373 e. The van der Waals surface area contributed by atoms with Crippen molar-refractivity contribution in [3.63, 3.8) is 0 Å². The molecule has 2 saturated heterocycles. The highest BCUT2D eigenvalue weighted by Crippen LogP contribution is 2.34. The highest BCUT2D eigenvalue weighted by molar-refractivity contribution is 5.80. The molecule has 3 unspecified atom stereocenters. The maximum atomic E-state index is 11.5. The first-order chi connectivity index (χ1) is 10.1. The molecule has 2 fully saturated rings. The van der Waals surface area contributed by atoms with Crippen molar-refractivity contribution in [2.75, 3.05) is 19.6 Å². The predicted octanol–water partition coefficient (Wildman–Crippen LogP) is 0.634. The number of nitrogens with one attached hydrogen (secondary N) is 3. The van der Waals surface area contributed by atoms with Gasteiger partial charge in [-0.2, -0.15) is 0 Å². The van der Waals surface area contributed by atoms with E-state index < -0.39 is 0 Å². The summed E-state index contributed by atoms with van der Waals surface area (Å²) in [7, 11) is 0. The summed E-state index contributed by atoms with van der Waals surface area (Å²) in [6, 6.07) is 0.367. The van der Waals surface area contributed by atoms with Crippen molar-refractivity contribution in [1.29, 1.82) is 0 Å². The van der Waals surface area contributed by atoms with Crippen LogP contribution in [-0.2, 0) is 9.53 Å². The van der Waals surface area contributed by atoms with E-state index in [1.54, 1.807) is 0 Å². The molecule has 0 aromatic rings. The Bertz CT molecular complexity index is 384. The number of aliphatic imine (C=N–C) groups is 1. The zero-order valence-electron chi connectivity index (χ0n) is 13.3. The van der Waals surface area contributed by atoms with Gasteiger partial charge in [0.05, 0.1) is 24.8 Å². The zero-order valence-corrected chi connectivity index (χ0v) is 13.3. The number of hydrogen-bond donors (Lipinski definition) is 3. The van der Waals surface area contributed by atoms with E-state index in [1.165, 1.54) is 6.42 Å². The summed E-state index contributed by atoms with van der Waals surface area (Å²) in [5, 5.41) is 9.58. The van der Waals surface area contributed by atoms with Crippen LogP contribution in [0.4, 0.5) is 0 Å². The van der Waals surface area contributed by atoms with E-state index in [-0.39, 0.29) is 11.8 Å². The predicted molar refractivity (Wildman–Crippen MR) is 83.3 cm³/mol. The number of amides is 1. The number of rotatable bonds is 6. The molecule has 3 N–H and O–H groups in total.